The third-order valence-electron chi connectivity index (χ3n) is 7.00. The van der Waals surface area contributed by atoms with E-state index in [9.17, 15) is 18.0 Å². The van der Waals surface area contributed by atoms with E-state index >= 15 is 0 Å². The Morgan fingerprint density at radius 2 is 1.66 bits per heavy atom. The number of hydrogen-bond acceptors (Lipinski definition) is 4. The molecule has 1 atom stereocenters. The largest absolute Gasteiger partial charge is 0.324 e. The Balaban J connectivity index is 1.47. The first-order valence-corrected chi connectivity index (χ1v) is 12.8. The SMILES string of the molecule is Cc1ccccc1S(=O)(=O)NC(=O)C1(C)CCN1C(=O)c1ccc(C2CCCCC2)cc1. The lowest BCUT2D eigenvalue weighted by atomic mass is 9.83. The Morgan fingerprint density at radius 1 is 1.00 bits per heavy atom. The quantitative estimate of drug-likeness (QED) is 0.736. The van der Waals surface area contributed by atoms with Crippen LogP contribution in [0.2, 0.25) is 0 Å². The summed E-state index contributed by atoms with van der Waals surface area (Å²) in [5, 5.41) is 0. The minimum atomic E-state index is -4.02. The molecule has 2 aromatic carbocycles. The molecule has 1 aliphatic carbocycles. The number of rotatable bonds is 5. The molecular formula is C25H30N2O4S. The van der Waals surface area contributed by atoms with Crippen LogP contribution in [0.1, 0.15) is 72.9 Å². The van der Waals surface area contributed by atoms with Gasteiger partial charge in [0.15, 0.2) is 0 Å². The highest BCUT2D eigenvalue weighted by Crippen LogP contribution is 2.35. The van der Waals surface area contributed by atoms with Gasteiger partial charge in [-0.15, -0.1) is 0 Å². The number of hydrogen-bond donors (Lipinski definition) is 1. The molecule has 1 unspecified atom stereocenters. The minimum absolute atomic E-state index is 0.0625. The fourth-order valence-electron chi connectivity index (χ4n) is 4.76. The van der Waals surface area contributed by atoms with Crippen LogP contribution in [0, 0.1) is 6.92 Å². The monoisotopic (exact) mass is 454 g/mol. The first kappa shape index (κ1) is 22.5. The van der Waals surface area contributed by atoms with Gasteiger partial charge in [0.25, 0.3) is 21.8 Å². The topological polar surface area (TPSA) is 83.6 Å². The highest BCUT2D eigenvalue weighted by Gasteiger charge is 2.50. The van der Waals surface area contributed by atoms with Gasteiger partial charge in [-0.3, -0.25) is 9.59 Å². The van der Waals surface area contributed by atoms with Crippen molar-refractivity contribution < 1.29 is 18.0 Å². The molecule has 32 heavy (non-hydrogen) atoms. The molecule has 2 fully saturated rings. The molecule has 1 N–H and O–H groups in total. The van der Waals surface area contributed by atoms with E-state index in [1.165, 1.54) is 48.6 Å². The molecular weight excluding hydrogens is 424 g/mol. The summed E-state index contributed by atoms with van der Waals surface area (Å²) in [6, 6.07) is 14.2. The van der Waals surface area contributed by atoms with E-state index in [2.05, 4.69) is 4.72 Å². The Kier molecular flexibility index (Phi) is 6.12. The molecule has 1 aliphatic heterocycles. The number of likely N-dealkylation sites (tertiary alicyclic amines) is 1. The Morgan fingerprint density at radius 3 is 2.25 bits per heavy atom. The van der Waals surface area contributed by atoms with Crippen molar-refractivity contribution in [3.05, 3.63) is 65.2 Å². The van der Waals surface area contributed by atoms with Crippen LogP contribution in [-0.2, 0) is 14.8 Å². The second kappa shape index (κ2) is 8.70. The summed E-state index contributed by atoms with van der Waals surface area (Å²) in [6.07, 6.45) is 6.58. The number of amides is 2. The molecule has 0 radical (unpaired) electrons. The summed E-state index contributed by atoms with van der Waals surface area (Å²) in [4.78, 5) is 27.6. The zero-order valence-corrected chi connectivity index (χ0v) is 19.5. The van der Waals surface area contributed by atoms with E-state index in [0.29, 0.717) is 30.0 Å². The van der Waals surface area contributed by atoms with Crippen molar-refractivity contribution in [1.82, 2.24) is 9.62 Å². The summed E-state index contributed by atoms with van der Waals surface area (Å²) in [6.45, 7) is 3.71. The van der Waals surface area contributed by atoms with Gasteiger partial charge in [0.2, 0.25) is 0 Å². The van der Waals surface area contributed by atoms with E-state index in [1.807, 2.05) is 24.3 Å². The molecule has 1 heterocycles. The predicted octanol–water partition coefficient (Wildman–Crippen LogP) is 4.15. The third kappa shape index (κ3) is 4.18. The zero-order valence-electron chi connectivity index (χ0n) is 18.6. The van der Waals surface area contributed by atoms with Crippen molar-refractivity contribution in [2.24, 2.45) is 0 Å². The maximum atomic E-state index is 13.1. The predicted molar refractivity (Wildman–Crippen MR) is 123 cm³/mol. The van der Waals surface area contributed by atoms with Crippen LogP contribution in [-0.4, -0.2) is 37.2 Å². The lowest BCUT2D eigenvalue weighted by Gasteiger charge is -2.48. The molecule has 2 aromatic rings. The lowest BCUT2D eigenvalue weighted by molar-refractivity contribution is -0.135. The van der Waals surface area contributed by atoms with Gasteiger partial charge in [-0.25, -0.2) is 13.1 Å². The number of aryl methyl sites for hydroxylation is 1. The van der Waals surface area contributed by atoms with Crippen molar-refractivity contribution in [2.75, 3.05) is 6.54 Å². The fraction of sp³-hybridized carbons (Fsp3) is 0.440. The molecule has 170 valence electrons. The van der Waals surface area contributed by atoms with Crippen molar-refractivity contribution >= 4 is 21.8 Å². The van der Waals surface area contributed by atoms with Gasteiger partial charge in [0.05, 0.1) is 4.90 Å². The lowest BCUT2D eigenvalue weighted by Crippen LogP contribution is -2.67. The zero-order chi connectivity index (χ0) is 22.9. The smallest absolute Gasteiger partial charge is 0.264 e. The van der Waals surface area contributed by atoms with Crippen LogP contribution >= 0.6 is 0 Å². The van der Waals surface area contributed by atoms with Gasteiger partial charge in [-0.1, -0.05) is 49.6 Å². The number of sulfonamides is 1. The molecule has 2 amide bonds. The molecule has 1 saturated heterocycles. The molecule has 0 aromatic heterocycles. The van der Waals surface area contributed by atoms with Crippen molar-refractivity contribution in [3.63, 3.8) is 0 Å². The fourth-order valence-corrected chi connectivity index (χ4v) is 6.08. The second-order valence-electron chi connectivity index (χ2n) is 9.14. The Bertz CT molecular complexity index is 1120. The van der Waals surface area contributed by atoms with Gasteiger partial charge in [-0.2, -0.15) is 0 Å². The van der Waals surface area contributed by atoms with Crippen molar-refractivity contribution in [1.29, 1.82) is 0 Å². The van der Waals surface area contributed by atoms with Crippen LogP contribution in [0.25, 0.3) is 0 Å². The molecule has 6 nitrogen and oxygen atoms in total. The van der Waals surface area contributed by atoms with E-state index in [1.54, 1.807) is 32.0 Å². The van der Waals surface area contributed by atoms with E-state index in [-0.39, 0.29) is 10.8 Å². The number of benzene rings is 2. The molecule has 1 saturated carbocycles. The first-order valence-electron chi connectivity index (χ1n) is 11.3. The average Bonchev–Trinajstić information content (AvgIpc) is 2.78. The minimum Gasteiger partial charge on any atom is -0.324 e. The summed E-state index contributed by atoms with van der Waals surface area (Å²) in [5.41, 5.74) is 1.13. The van der Waals surface area contributed by atoms with E-state index < -0.39 is 21.5 Å². The Hall–Kier alpha value is -2.67. The van der Waals surface area contributed by atoms with Crippen LogP contribution in [0.5, 0.6) is 0 Å². The number of carbonyl (C=O) groups is 2. The first-order chi connectivity index (χ1) is 15.2. The van der Waals surface area contributed by atoms with Crippen LogP contribution in [0.3, 0.4) is 0 Å². The molecule has 4 rings (SSSR count). The van der Waals surface area contributed by atoms with Gasteiger partial charge >= 0.3 is 0 Å². The van der Waals surface area contributed by atoms with Crippen LogP contribution in [0.15, 0.2) is 53.4 Å². The summed E-state index contributed by atoms with van der Waals surface area (Å²) < 4.78 is 27.7. The van der Waals surface area contributed by atoms with E-state index in [0.717, 1.165) is 0 Å². The van der Waals surface area contributed by atoms with Crippen LogP contribution < -0.4 is 4.72 Å². The summed E-state index contributed by atoms with van der Waals surface area (Å²) >= 11 is 0. The third-order valence-corrected chi connectivity index (χ3v) is 8.49. The van der Waals surface area contributed by atoms with Gasteiger partial charge in [0, 0.05) is 12.1 Å². The van der Waals surface area contributed by atoms with Gasteiger partial charge in [-0.05, 0) is 68.4 Å². The average molecular weight is 455 g/mol. The number of nitrogens with one attached hydrogen (secondary N) is 1. The highest BCUT2D eigenvalue weighted by molar-refractivity contribution is 7.90. The molecule has 7 heteroatoms. The Labute approximate surface area is 190 Å². The van der Waals surface area contributed by atoms with Crippen molar-refractivity contribution in [2.45, 2.75) is 68.7 Å². The van der Waals surface area contributed by atoms with Crippen LogP contribution in [0.4, 0.5) is 0 Å². The van der Waals surface area contributed by atoms with Crippen molar-refractivity contribution in [3.8, 4) is 0 Å². The summed E-state index contributed by atoms with van der Waals surface area (Å²) in [5.74, 6) is -0.379. The number of carbonyl (C=O) groups excluding carboxylic acids is 2. The maximum Gasteiger partial charge on any atom is 0.264 e. The summed E-state index contributed by atoms with van der Waals surface area (Å²) in [7, 11) is -4.02. The molecule has 2 aliphatic rings. The normalized spacial score (nSPS) is 21.6. The second-order valence-corrected chi connectivity index (χ2v) is 10.8. The van der Waals surface area contributed by atoms with Gasteiger partial charge in [0.1, 0.15) is 5.54 Å². The highest BCUT2D eigenvalue weighted by atomic mass is 32.2. The van der Waals surface area contributed by atoms with Gasteiger partial charge < -0.3 is 4.90 Å². The number of nitrogens with zero attached hydrogens (tertiary/aromatic N) is 1. The van der Waals surface area contributed by atoms with E-state index in [4.69, 9.17) is 0 Å². The molecule has 0 bridgehead atoms. The molecule has 0 spiro atoms. The maximum absolute atomic E-state index is 13.1. The standard InChI is InChI=1S/C25H30N2O4S/c1-18-8-6-7-11-22(18)32(30,31)26-24(29)25(2)16-17-27(25)23(28)21-14-12-20(13-15-21)19-9-4-3-5-10-19/h6-8,11-15,19H,3-5,9-10,16-17H2,1-2H3,(H,26,29).